The van der Waals surface area contributed by atoms with E-state index >= 15 is 0 Å². The minimum atomic E-state index is -1.68. The van der Waals surface area contributed by atoms with Gasteiger partial charge >= 0.3 is 0 Å². The predicted octanol–water partition coefficient (Wildman–Crippen LogP) is 0.955. The average molecular weight is 248 g/mol. The quantitative estimate of drug-likeness (QED) is 0.809. The molecule has 98 valence electrons. The van der Waals surface area contributed by atoms with E-state index in [1.54, 1.807) is 0 Å². The summed E-state index contributed by atoms with van der Waals surface area (Å²) in [6.07, 6.45) is 1.93. The Kier molecular flexibility index (Phi) is 3.63. The SMILES string of the molecule is NC1CCN(C(=O)C2(F)CCC2)C[C@H]1COF. The summed E-state index contributed by atoms with van der Waals surface area (Å²) in [5.41, 5.74) is 4.13. The Hall–Kier alpha value is -0.750. The Morgan fingerprint density at radius 2 is 2.24 bits per heavy atom. The number of alkyl halides is 1. The number of halogens is 2. The summed E-state index contributed by atoms with van der Waals surface area (Å²) in [7, 11) is 0. The van der Waals surface area contributed by atoms with E-state index < -0.39 is 11.6 Å². The third kappa shape index (κ3) is 2.42. The van der Waals surface area contributed by atoms with Gasteiger partial charge in [-0.25, -0.2) is 4.39 Å². The summed E-state index contributed by atoms with van der Waals surface area (Å²) in [6, 6.07) is -0.188. The summed E-state index contributed by atoms with van der Waals surface area (Å²) in [4.78, 5) is 17.0. The number of hydrogen-bond acceptors (Lipinski definition) is 3. The standard InChI is InChI=1S/C11H18F2N2O2/c12-11(3-1-4-11)10(16)15-5-2-9(14)8(6-15)7-17-13/h8-9H,1-7,14H2/t8-,9?/m0/s1. The lowest BCUT2D eigenvalue weighted by molar-refractivity contribution is -0.163. The van der Waals surface area contributed by atoms with Gasteiger partial charge in [-0.05, 0) is 30.2 Å². The zero-order valence-corrected chi connectivity index (χ0v) is 9.70. The molecule has 0 bridgehead atoms. The maximum absolute atomic E-state index is 14.0. The van der Waals surface area contributed by atoms with Gasteiger partial charge < -0.3 is 10.6 Å². The number of amides is 1. The van der Waals surface area contributed by atoms with Crippen LogP contribution in [0.25, 0.3) is 0 Å². The summed E-state index contributed by atoms with van der Waals surface area (Å²) < 4.78 is 25.8. The van der Waals surface area contributed by atoms with Gasteiger partial charge in [0.15, 0.2) is 5.67 Å². The van der Waals surface area contributed by atoms with Crippen LogP contribution in [0.15, 0.2) is 0 Å². The maximum atomic E-state index is 14.0. The second-order valence-electron chi connectivity index (χ2n) is 5.06. The Morgan fingerprint density at radius 3 is 2.76 bits per heavy atom. The molecule has 0 aromatic heterocycles. The highest BCUT2D eigenvalue weighted by atomic mass is 19.3. The van der Waals surface area contributed by atoms with Crippen LogP contribution in [0, 0.1) is 5.92 Å². The molecule has 1 heterocycles. The van der Waals surface area contributed by atoms with Crippen LogP contribution in [0.5, 0.6) is 0 Å². The number of nitrogens with zero attached hydrogens (tertiary/aromatic N) is 1. The van der Waals surface area contributed by atoms with Crippen LogP contribution >= 0.6 is 0 Å². The zero-order valence-electron chi connectivity index (χ0n) is 9.70. The monoisotopic (exact) mass is 248 g/mol. The highest BCUT2D eigenvalue weighted by Crippen LogP contribution is 2.38. The van der Waals surface area contributed by atoms with Crippen LogP contribution in [0.3, 0.4) is 0 Å². The molecule has 1 aliphatic heterocycles. The van der Waals surface area contributed by atoms with Gasteiger partial charge in [-0.15, -0.1) is 0 Å². The fourth-order valence-electron chi connectivity index (χ4n) is 2.48. The van der Waals surface area contributed by atoms with Crippen LogP contribution in [-0.2, 0) is 9.74 Å². The van der Waals surface area contributed by atoms with Crippen molar-refractivity contribution in [3.8, 4) is 0 Å². The number of likely N-dealkylation sites (tertiary alicyclic amines) is 1. The van der Waals surface area contributed by atoms with Crippen molar-refractivity contribution in [3.63, 3.8) is 0 Å². The number of hydrogen-bond donors (Lipinski definition) is 1. The van der Waals surface area contributed by atoms with Crippen molar-refractivity contribution in [2.24, 2.45) is 11.7 Å². The van der Waals surface area contributed by atoms with Crippen molar-refractivity contribution in [2.45, 2.75) is 37.4 Å². The molecule has 0 spiro atoms. The van der Waals surface area contributed by atoms with Gasteiger partial charge in [-0.2, -0.15) is 4.94 Å². The fraction of sp³-hybridized carbons (Fsp3) is 0.909. The molecule has 2 N–H and O–H groups in total. The number of rotatable bonds is 3. The molecule has 2 atom stereocenters. The van der Waals surface area contributed by atoms with Crippen LogP contribution < -0.4 is 5.73 Å². The van der Waals surface area contributed by atoms with Gasteiger partial charge in [0.1, 0.15) is 0 Å². The molecule has 1 aliphatic carbocycles. The van der Waals surface area contributed by atoms with Gasteiger partial charge in [0, 0.05) is 25.0 Å². The molecular weight excluding hydrogens is 230 g/mol. The topological polar surface area (TPSA) is 55.6 Å². The van der Waals surface area contributed by atoms with E-state index in [2.05, 4.69) is 4.94 Å². The predicted molar refractivity (Wildman–Crippen MR) is 57.4 cm³/mol. The summed E-state index contributed by atoms with van der Waals surface area (Å²) in [6.45, 7) is 0.605. The summed E-state index contributed by atoms with van der Waals surface area (Å²) in [5, 5.41) is 0. The van der Waals surface area contributed by atoms with Crippen LogP contribution in [0.1, 0.15) is 25.7 Å². The first-order valence-corrected chi connectivity index (χ1v) is 6.04. The molecule has 1 saturated carbocycles. The maximum Gasteiger partial charge on any atom is 0.260 e. The van der Waals surface area contributed by atoms with E-state index in [0.717, 1.165) is 6.42 Å². The molecule has 2 aliphatic rings. The first kappa shape index (κ1) is 12.7. The molecule has 2 rings (SSSR count). The molecule has 1 amide bonds. The molecule has 4 nitrogen and oxygen atoms in total. The Balaban J connectivity index is 1.95. The number of carbonyl (C=O) groups is 1. The molecule has 6 heteroatoms. The van der Waals surface area contributed by atoms with Crippen molar-refractivity contribution in [1.29, 1.82) is 0 Å². The van der Waals surface area contributed by atoms with Crippen LogP contribution in [0.4, 0.5) is 8.92 Å². The van der Waals surface area contributed by atoms with E-state index in [1.807, 2.05) is 0 Å². The fourth-order valence-corrected chi connectivity index (χ4v) is 2.48. The number of carbonyl (C=O) groups excluding carboxylic acids is 1. The molecule has 0 radical (unpaired) electrons. The first-order chi connectivity index (χ1) is 8.07. The molecule has 1 unspecified atom stereocenters. The Bertz CT molecular complexity index is 297. The molecule has 17 heavy (non-hydrogen) atoms. The van der Waals surface area contributed by atoms with E-state index in [4.69, 9.17) is 5.73 Å². The van der Waals surface area contributed by atoms with E-state index in [-0.39, 0.29) is 25.1 Å². The normalized spacial score (nSPS) is 32.1. The van der Waals surface area contributed by atoms with Gasteiger partial charge in [0.05, 0.1) is 6.61 Å². The number of nitrogens with two attached hydrogens (primary N) is 1. The van der Waals surface area contributed by atoms with Crippen LogP contribution in [-0.4, -0.2) is 42.2 Å². The lowest BCUT2D eigenvalue weighted by atomic mass is 9.80. The Morgan fingerprint density at radius 1 is 1.53 bits per heavy atom. The summed E-state index contributed by atoms with van der Waals surface area (Å²) in [5.74, 6) is -0.708. The highest BCUT2D eigenvalue weighted by Gasteiger charge is 2.48. The van der Waals surface area contributed by atoms with Crippen molar-refractivity contribution >= 4 is 5.91 Å². The minimum absolute atomic E-state index is 0.135. The third-order valence-electron chi connectivity index (χ3n) is 3.89. The molecule has 0 aromatic carbocycles. The second-order valence-corrected chi connectivity index (χ2v) is 5.06. The van der Waals surface area contributed by atoms with E-state index in [0.29, 0.717) is 25.8 Å². The first-order valence-electron chi connectivity index (χ1n) is 6.04. The molecular formula is C11H18F2N2O2. The molecule has 0 aromatic rings. The van der Waals surface area contributed by atoms with E-state index in [9.17, 15) is 13.7 Å². The van der Waals surface area contributed by atoms with Crippen molar-refractivity contribution < 1.29 is 18.7 Å². The van der Waals surface area contributed by atoms with Gasteiger partial charge in [-0.3, -0.25) is 4.79 Å². The molecule has 2 fully saturated rings. The summed E-state index contributed by atoms with van der Waals surface area (Å²) >= 11 is 0. The minimum Gasteiger partial charge on any atom is -0.339 e. The smallest absolute Gasteiger partial charge is 0.260 e. The Labute approximate surface area is 99.0 Å². The second kappa shape index (κ2) is 4.86. The zero-order chi connectivity index (χ0) is 12.5. The average Bonchev–Trinajstić information content (AvgIpc) is 2.28. The van der Waals surface area contributed by atoms with Crippen molar-refractivity contribution in [3.05, 3.63) is 0 Å². The van der Waals surface area contributed by atoms with Gasteiger partial charge in [0.25, 0.3) is 5.91 Å². The van der Waals surface area contributed by atoms with Crippen LogP contribution in [0.2, 0.25) is 0 Å². The van der Waals surface area contributed by atoms with Crippen molar-refractivity contribution in [2.75, 3.05) is 19.7 Å². The van der Waals surface area contributed by atoms with E-state index in [1.165, 1.54) is 4.90 Å². The van der Waals surface area contributed by atoms with Crippen molar-refractivity contribution in [1.82, 2.24) is 4.90 Å². The lowest BCUT2D eigenvalue weighted by Gasteiger charge is -2.42. The number of piperidine rings is 1. The van der Waals surface area contributed by atoms with Gasteiger partial charge in [-0.1, -0.05) is 0 Å². The highest BCUT2D eigenvalue weighted by molar-refractivity contribution is 5.86. The third-order valence-corrected chi connectivity index (χ3v) is 3.89. The molecule has 1 saturated heterocycles. The van der Waals surface area contributed by atoms with Gasteiger partial charge in [0.2, 0.25) is 0 Å². The lowest BCUT2D eigenvalue weighted by Crippen LogP contribution is -2.57. The largest absolute Gasteiger partial charge is 0.339 e.